The van der Waals surface area contributed by atoms with Gasteiger partial charge in [-0.15, -0.1) is 0 Å². The van der Waals surface area contributed by atoms with Crippen molar-refractivity contribution in [3.8, 4) is 17.1 Å². The summed E-state index contributed by atoms with van der Waals surface area (Å²) >= 11 is 0. The number of rotatable bonds is 6. The van der Waals surface area contributed by atoms with Gasteiger partial charge in [-0.05, 0) is 43.1 Å². The minimum absolute atomic E-state index is 0.251. The molecule has 1 atom stereocenters. The highest BCUT2D eigenvalue weighted by Gasteiger charge is 2.18. The Morgan fingerprint density at radius 3 is 2.77 bits per heavy atom. The molecule has 1 unspecified atom stereocenters. The van der Waals surface area contributed by atoms with Crippen molar-refractivity contribution < 1.29 is 13.7 Å². The normalized spacial score (nSPS) is 16.7. The van der Waals surface area contributed by atoms with Gasteiger partial charge in [0.1, 0.15) is 6.61 Å². The van der Waals surface area contributed by atoms with E-state index >= 15 is 0 Å². The summed E-state index contributed by atoms with van der Waals surface area (Å²) in [6.45, 7) is 2.36. The summed E-state index contributed by atoms with van der Waals surface area (Å²) in [4.78, 5) is 4.49. The van der Waals surface area contributed by atoms with Crippen molar-refractivity contribution in [2.45, 2.75) is 19.4 Å². The van der Waals surface area contributed by atoms with Crippen molar-refractivity contribution in [1.29, 1.82) is 0 Å². The molecule has 5 nitrogen and oxygen atoms in total. The zero-order chi connectivity index (χ0) is 17.8. The summed E-state index contributed by atoms with van der Waals surface area (Å²) < 4.78 is 24.5. The Kier molecular flexibility index (Phi) is 4.93. The average Bonchev–Trinajstić information content (AvgIpc) is 3.34. The number of ether oxygens (including phenoxy) is 1. The quantitative estimate of drug-likeness (QED) is 0.734. The maximum absolute atomic E-state index is 13.6. The van der Waals surface area contributed by atoms with Crippen LogP contribution < -0.4 is 10.1 Å². The molecule has 1 aliphatic rings. The van der Waals surface area contributed by atoms with E-state index in [1.54, 1.807) is 18.2 Å². The van der Waals surface area contributed by atoms with Crippen LogP contribution >= 0.6 is 0 Å². The number of aromatic nitrogens is 2. The molecule has 134 valence electrons. The summed E-state index contributed by atoms with van der Waals surface area (Å²) in [5.41, 5.74) is 1.83. The van der Waals surface area contributed by atoms with E-state index in [1.807, 2.05) is 24.3 Å². The molecule has 1 N–H and O–H groups in total. The van der Waals surface area contributed by atoms with Gasteiger partial charge in [0.25, 0.3) is 0 Å². The first-order valence-electron chi connectivity index (χ1n) is 8.78. The lowest BCUT2D eigenvalue weighted by molar-refractivity contribution is 0.290. The van der Waals surface area contributed by atoms with Crippen LogP contribution in [0.3, 0.4) is 0 Å². The molecular formula is C20H20FN3O2. The SMILES string of the molecule is Fc1ccccc1OCc1ccc(-c2noc(CC3CCNC3)n2)cc1. The molecule has 1 saturated heterocycles. The van der Waals surface area contributed by atoms with Gasteiger partial charge in [-0.2, -0.15) is 4.98 Å². The zero-order valence-electron chi connectivity index (χ0n) is 14.3. The highest BCUT2D eigenvalue weighted by Crippen LogP contribution is 2.21. The fourth-order valence-corrected chi connectivity index (χ4v) is 3.06. The Labute approximate surface area is 151 Å². The van der Waals surface area contributed by atoms with E-state index in [9.17, 15) is 4.39 Å². The highest BCUT2D eigenvalue weighted by molar-refractivity contribution is 5.54. The fourth-order valence-electron chi connectivity index (χ4n) is 3.06. The largest absolute Gasteiger partial charge is 0.486 e. The third-order valence-electron chi connectivity index (χ3n) is 4.54. The Morgan fingerprint density at radius 1 is 1.15 bits per heavy atom. The first-order valence-corrected chi connectivity index (χ1v) is 8.78. The van der Waals surface area contributed by atoms with Gasteiger partial charge >= 0.3 is 0 Å². The smallest absolute Gasteiger partial charge is 0.227 e. The van der Waals surface area contributed by atoms with Crippen molar-refractivity contribution >= 4 is 0 Å². The van der Waals surface area contributed by atoms with Crippen LogP contribution in [-0.4, -0.2) is 23.2 Å². The molecule has 1 fully saturated rings. The summed E-state index contributed by atoms with van der Waals surface area (Å²) in [7, 11) is 0. The first-order chi connectivity index (χ1) is 12.8. The predicted molar refractivity (Wildman–Crippen MR) is 95.1 cm³/mol. The lowest BCUT2D eigenvalue weighted by Gasteiger charge is -2.07. The molecule has 2 aromatic carbocycles. The van der Waals surface area contributed by atoms with Gasteiger partial charge in [0.05, 0.1) is 0 Å². The molecule has 3 aromatic rings. The standard InChI is InChI=1S/C20H20FN3O2/c21-17-3-1-2-4-18(17)25-13-14-5-7-16(8-6-14)20-23-19(26-24-20)11-15-9-10-22-12-15/h1-8,15,22H,9-13H2. The molecule has 2 heterocycles. The lowest BCUT2D eigenvalue weighted by atomic mass is 10.1. The van der Waals surface area contributed by atoms with Crippen LogP contribution in [-0.2, 0) is 13.0 Å². The number of hydrogen-bond donors (Lipinski definition) is 1. The molecular weight excluding hydrogens is 333 g/mol. The van der Waals surface area contributed by atoms with Crippen LogP contribution in [0.25, 0.3) is 11.4 Å². The summed E-state index contributed by atoms with van der Waals surface area (Å²) in [5, 5.41) is 7.42. The van der Waals surface area contributed by atoms with Crippen molar-refractivity contribution in [2.75, 3.05) is 13.1 Å². The Bertz CT molecular complexity index is 858. The highest BCUT2D eigenvalue weighted by atomic mass is 19.1. The molecule has 1 aromatic heterocycles. The second kappa shape index (κ2) is 7.66. The van der Waals surface area contributed by atoms with Crippen LogP contribution in [0.4, 0.5) is 4.39 Å². The molecule has 0 saturated carbocycles. The van der Waals surface area contributed by atoms with E-state index in [2.05, 4.69) is 15.5 Å². The van der Waals surface area contributed by atoms with Crippen LogP contribution in [0.15, 0.2) is 53.1 Å². The van der Waals surface area contributed by atoms with E-state index < -0.39 is 0 Å². The topological polar surface area (TPSA) is 60.2 Å². The van der Waals surface area contributed by atoms with Crippen LogP contribution in [0, 0.1) is 11.7 Å². The first kappa shape index (κ1) is 16.7. The Balaban J connectivity index is 1.38. The van der Waals surface area contributed by atoms with Gasteiger partial charge in [0, 0.05) is 12.0 Å². The second-order valence-corrected chi connectivity index (χ2v) is 6.49. The minimum atomic E-state index is -0.360. The number of nitrogens with one attached hydrogen (secondary N) is 1. The van der Waals surface area contributed by atoms with E-state index in [4.69, 9.17) is 9.26 Å². The van der Waals surface area contributed by atoms with Crippen LogP contribution in [0.2, 0.25) is 0 Å². The zero-order valence-corrected chi connectivity index (χ0v) is 14.3. The number of para-hydroxylation sites is 1. The summed E-state index contributed by atoms with van der Waals surface area (Å²) in [6.07, 6.45) is 1.96. The van der Waals surface area contributed by atoms with Crippen molar-refractivity contribution in [3.63, 3.8) is 0 Å². The number of hydrogen-bond acceptors (Lipinski definition) is 5. The van der Waals surface area contributed by atoms with Gasteiger partial charge in [0.15, 0.2) is 11.6 Å². The third kappa shape index (κ3) is 3.91. The minimum Gasteiger partial charge on any atom is -0.486 e. The van der Waals surface area contributed by atoms with Crippen molar-refractivity contribution in [1.82, 2.24) is 15.5 Å². The Hall–Kier alpha value is -2.73. The number of halogens is 1. The lowest BCUT2D eigenvalue weighted by Crippen LogP contribution is -2.10. The molecule has 0 spiro atoms. The van der Waals surface area contributed by atoms with E-state index in [0.717, 1.165) is 37.1 Å². The molecule has 1 aliphatic heterocycles. The maximum atomic E-state index is 13.6. The number of nitrogens with zero attached hydrogens (tertiary/aromatic N) is 2. The van der Waals surface area contributed by atoms with Crippen LogP contribution in [0.5, 0.6) is 5.75 Å². The van der Waals surface area contributed by atoms with Gasteiger partial charge in [-0.1, -0.05) is 41.6 Å². The van der Waals surface area contributed by atoms with E-state index in [-0.39, 0.29) is 11.6 Å². The van der Waals surface area contributed by atoms with Gasteiger partial charge < -0.3 is 14.6 Å². The third-order valence-corrected chi connectivity index (χ3v) is 4.54. The summed E-state index contributed by atoms with van der Waals surface area (Å²) in [6, 6.07) is 14.1. The Morgan fingerprint density at radius 2 is 2.00 bits per heavy atom. The van der Waals surface area contributed by atoms with Gasteiger partial charge in [0.2, 0.25) is 11.7 Å². The molecule has 0 aliphatic carbocycles. The predicted octanol–water partition coefficient (Wildman–Crippen LogP) is 3.61. The van der Waals surface area contributed by atoms with Crippen molar-refractivity contribution in [2.24, 2.45) is 5.92 Å². The average molecular weight is 353 g/mol. The van der Waals surface area contributed by atoms with Crippen molar-refractivity contribution in [3.05, 3.63) is 65.8 Å². The van der Waals surface area contributed by atoms with E-state index in [1.165, 1.54) is 6.07 Å². The van der Waals surface area contributed by atoms with Gasteiger partial charge in [-0.25, -0.2) is 4.39 Å². The number of benzene rings is 2. The second-order valence-electron chi connectivity index (χ2n) is 6.49. The molecule has 0 bridgehead atoms. The molecule has 0 amide bonds. The molecule has 4 rings (SSSR count). The maximum Gasteiger partial charge on any atom is 0.227 e. The molecule has 0 radical (unpaired) electrons. The van der Waals surface area contributed by atoms with E-state index in [0.29, 0.717) is 24.2 Å². The molecule has 26 heavy (non-hydrogen) atoms. The fraction of sp³-hybridized carbons (Fsp3) is 0.300. The van der Waals surface area contributed by atoms with Gasteiger partial charge in [-0.3, -0.25) is 0 Å². The molecule has 6 heteroatoms. The summed E-state index contributed by atoms with van der Waals surface area (Å²) in [5.74, 6) is 1.73. The van der Waals surface area contributed by atoms with Crippen LogP contribution in [0.1, 0.15) is 17.9 Å². The monoisotopic (exact) mass is 353 g/mol.